The Morgan fingerprint density at radius 3 is 3.12 bits per heavy atom. The third-order valence-corrected chi connectivity index (χ3v) is 3.47. The van der Waals surface area contributed by atoms with Crippen molar-refractivity contribution in [1.29, 1.82) is 0 Å². The molecule has 0 amide bonds. The molecule has 3 aromatic heterocycles. The number of hydrogen-bond donors (Lipinski definition) is 1. The number of para-hydroxylation sites is 1. The molecule has 0 atom stereocenters. The summed E-state index contributed by atoms with van der Waals surface area (Å²) >= 11 is 1.36. The molecule has 1 N–H and O–H groups in total. The summed E-state index contributed by atoms with van der Waals surface area (Å²) < 4.78 is 1.32. The van der Waals surface area contributed by atoms with Gasteiger partial charge in [-0.05, 0) is 6.07 Å². The maximum absolute atomic E-state index is 12.2. The molecule has 0 radical (unpaired) electrons. The maximum Gasteiger partial charge on any atom is 0.299 e. The van der Waals surface area contributed by atoms with Crippen LogP contribution in [0.15, 0.2) is 34.6 Å². The van der Waals surface area contributed by atoms with Gasteiger partial charge in [0.05, 0.1) is 0 Å². The van der Waals surface area contributed by atoms with Crippen LogP contribution in [0.1, 0.15) is 0 Å². The van der Waals surface area contributed by atoms with Gasteiger partial charge in [-0.1, -0.05) is 29.5 Å². The standard InChI is InChI=1S/C11H6N4OS/c16-10-9-8(14-11-15(10)12-5-17-11)6-3-1-2-4-7(6)13-9/h1-5,13H. The van der Waals surface area contributed by atoms with Gasteiger partial charge in [-0.15, -0.1) is 0 Å². The van der Waals surface area contributed by atoms with Crippen molar-refractivity contribution in [2.45, 2.75) is 0 Å². The molecule has 4 rings (SSSR count). The number of aromatic nitrogens is 4. The number of fused-ring (bicyclic) bond motifs is 4. The van der Waals surface area contributed by atoms with Crippen molar-refractivity contribution < 1.29 is 0 Å². The summed E-state index contributed by atoms with van der Waals surface area (Å²) in [5.74, 6) is 0. The fourth-order valence-electron chi connectivity index (χ4n) is 2.03. The first-order valence-electron chi connectivity index (χ1n) is 5.07. The number of H-pyrrole nitrogens is 1. The smallest absolute Gasteiger partial charge is 0.299 e. The van der Waals surface area contributed by atoms with E-state index in [-0.39, 0.29) is 5.56 Å². The van der Waals surface area contributed by atoms with Crippen LogP contribution in [-0.2, 0) is 0 Å². The van der Waals surface area contributed by atoms with E-state index < -0.39 is 0 Å². The summed E-state index contributed by atoms with van der Waals surface area (Å²) in [7, 11) is 0. The van der Waals surface area contributed by atoms with E-state index >= 15 is 0 Å². The first-order chi connectivity index (χ1) is 8.34. The minimum Gasteiger partial charge on any atom is -0.349 e. The molecule has 0 bridgehead atoms. The largest absolute Gasteiger partial charge is 0.349 e. The van der Waals surface area contributed by atoms with E-state index in [1.807, 2.05) is 24.3 Å². The Balaban J connectivity index is 2.41. The molecular formula is C11H6N4OS. The van der Waals surface area contributed by atoms with Crippen LogP contribution in [0.5, 0.6) is 0 Å². The predicted octanol–water partition coefficient (Wildman–Crippen LogP) is 1.79. The quantitative estimate of drug-likeness (QED) is 0.511. The third-order valence-electron chi connectivity index (χ3n) is 2.79. The van der Waals surface area contributed by atoms with Crippen LogP contribution in [0, 0.1) is 0 Å². The number of nitrogens with one attached hydrogen (secondary N) is 1. The van der Waals surface area contributed by atoms with E-state index in [0.29, 0.717) is 10.5 Å². The van der Waals surface area contributed by atoms with Gasteiger partial charge in [-0.25, -0.2) is 4.98 Å². The molecule has 82 valence electrons. The van der Waals surface area contributed by atoms with Gasteiger partial charge in [-0.2, -0.15) is 9.61 Å². The first kappa shape index (κ1) is 8.89. The highest BCUT2D eigenvalue weighted by molar-refractivity contribution is 7.14. The average molecular weight is 242 g/mol. The zero-order valence-corrected chi connectivity index (χ0v) is 9.36. The molecule has 0 aliphatic carbocycles. The second-order valence-corrected chi connectivity index (χ2v) is 4.56. The molecule has 3 heterocycles. The Morgan fingerprint density at radius 1 is 1.29 bits per heavy atom. The average Bonchev–Trinajstić information content (AvgIpc) is 2.94. The fraction of sp³-hybridized carbons (Fsp3) is 0. The van der Waals surface area contributed by atoms with Crippen molar-refractivity contribution in [2.24, 2.45) is 0 Å². The molecule has 0 aliphatic heterocycles. The second-order valence-electron chi connectivity index (χ2n) is 3.74. The van der Waals surface area contributed by atoms with Crippen molar-refractivity contribution in [3.05, 3.63) is 40.1 Å². The number of nitrogens with zero attached hydrogens (tertiary/aromatic N) is 3. The summed E-state index contributed by atoms with van der Waals surface area (Å²) in [5.41, 5.74) is 3.61. The number of hydrogen-bond acceptors (Lipinski definition) is 4. The monoisotopic (exact) mass is 242 g/mol. The molecule has 4 aromatic rings. The molecule has 1 aromatic carbocycles. The van der Waals surface area contributed by atoms with Gasteiger partial charge in [-0.3, -0.25) is 4.79 Å². The van der Waals surface area contributed by atoms with E-state index in [1.165, 1.54) is 15.9 Å². The molecule has 0 aliphatic rings. The molecule has 0 unspecified atom stereocenters. The Hall–Kier alpha value is -2.21. The van der Waals surface area contributed by atoms with Crippen molar-refractivity contribution in [3.63, 3.8) is 0 Å². The van der Waals surface area contributed by atoms with Crippen molar-refractivity contribution in [2.75, 3.05) is 0 Å². The Kier molecular flexibility index (Phi) is 1.53. The van der Waals surface area contributed by atoms with Gasteiger partial charge in [0.15, 0.2) is 0 Å². The third kappa shape index (κ3) is 1.05. The van der Waals surface area contributed by atoms with Crippen LogP contribution in [-0.4, -0.2) is 19.6 Å². The molecule has 0 fully saturated rings. The highest BCUT2D eigenvalue weighted by Crippen LogP contribution is 2.22. The second kappa shape index (κ2) is 2.92. The number of benzene rings is 1. The SMILES string of the molecule is O=c1c2[nH]c3ccccc3c2nc2scnn12. The molecular weight excluding hydrogens is 236 g/mol. The van der Waals surface area contributed by atoms with Gasteiger partial charge in [0.2, 0.25) is 4.96 Å². The summed E-state index contributed by atoms with van der Waals surface area (Å²) in [4.78, 5) is 20.3. The summed E-state index contributed by atoms with van der Waals surface area (Å²) in [5, 5.41) is 4.95. The summed E-state index contributed by atoms with van der Waals surface area (Å²) in [6.07, 6.45) is 0. The lowest BCUT2D eigenvalue weighted by Crippen LogP contribution is -2.14. The normalized spacial score (nSPS) is 11.8. The lowest BCUT2D eigenvalue weighted by molar-refractivity contribution is 0.913. The van der Waals surface area contributed by atoms with E-state index in [4.69, 9.17) is 0 Å². The van der Waals surface area contributed by atoms with E-state index in [1.54, 1.807) is 5.51 Å². The van der Waals surface area contributed by atoms with Crippen molar-refractivity contribution >= 4 is 38.2 Å². The number of aromatic amines is 1. The maximum atomic E-state index is 12.2. The predicted molar refractivity (Wildman–Crippen MR) is 66.5 cm³/mol. The molecule has 0 saturated heterocycles. The van der Waals surface area contributed by atoms with Gasteiger partial charge < -0.3 is 4.98 Å². The van der Waals surface area contributed by atoms with Gasteiger partial charge in [0.25, 0.3) is 5.56 Å². The Bertz CT molecular complexity index is 917. The lowest BCUT2D eigenvalue weighted by Gasteiger charge is -1.91. The minimum absolute atomic E-state index is 0.151. The molecule has 0 saturated carbocycles. The zero-order valence-electron chi connectivity index (χ0n) is 8.54. The lowest BCUT2D eigenvalue weighted by atomic mass is 10.2. The van der Waals surface area contributed by atoms with Crippen LogP contribution in [0.4, 0.5) is 0 Å². The molecule has 6 heteroatoms. The van der Waals surface area contributed by atoms with Crippen molar-refractivity contribution in [3.8, 4) is 0 Å². The van der Waals surface area contributed by atoms with E-state index in [2.05, 4.69) is 15.1 Å². The van der Waals surface area contributed by atoms with Gasteiger partial charge >= 0.3 is 0 Å². The van der Waals surface area contributed by atoms with Crippen LogP contribution in [0.2, 0.25) is 0 Å². The summed E-state index contributed by atoms with van der Waals surface area (Å²) in [6.45, 7) is 0. The highest BCUT2D eigenvalue weighted by Gasteiger charge is 2.12. The summed E-state index contributed by atoms with van der Waals surface area (Å²) in [6, 6.07) is 7.75. The topological polar surface area (TPSA) is 63.0 Å². The Labute approximate surface area is 98.3 Å². The van der Waals surface area contributed by atoms with Gasteiger partial charge in [0.1, 0.15) is 16.5 Å². The Morgan fingerprint density at radius 2 is 2.18 bits per heavy atom. The van der Waals surface area contributed by atoms with E-state index in [9.17, 15) is 4.79 Å². The minimum atomic E-state index is -0.151. The van der Waals surface area contributed by atoms with Crippen LogP contribution in [0.25, 0.3) is 26.9 Å². The van der Waals surface area contributed by atoms with Crippen LogP contribution in [0.3, 0.4) is 0 Å². The first-order valence-corrected chi connectivity index (χ1v) is 5.95. The van der Waals surface area contributed by atoms with Crippen molar-refractivity contribution in [1.82, 2.24) is 19.6 Å². The molecule has 0 spiro atoms. The van der Waals surface area contributed by atoms with Crippen LogP contribution < -0.4 is 5.56 Å². The fourth-order valence-corrected chi connectivity index (χ4v) is 2.64. The van der Waals surface area contributed by atoms with Crippen LogP contribution >= 0.6 is 11.3 Å². The number of rotatable bonds is 0. The van der Waals surface area contributed by atoms with E-state index in [0.717, 1.165) is 16.4 Å². The zero-order chi connectivity index (χ0) is 11.4. The highest BCUT2D eigenvalue weighted by atomic mass is 32.1. The molecule has 5 nitrogen and oxygen atoms in total. The molecule has 17 heavy (non-hydrogen) atoms. The van der Waals surface area contributed by atoms with Gasteiger partial charge in [0, 0.05) is 10.9 Å².